The van der Waals surface area contributed by atoms with E-state index in [0.717, 1.165) is 17.8 Å². The second-order valence-electron chi connectivity index (χ2n) is 6.49. The minimum atomic E-state index is 0.907. The summed E-state index contributed by atoms with van der Waals surface area (Å²) < 4.78 is 4.53. The van der Waals surface area contributed by atoms with Crippen LogP contribution in [0.25, 0.3) is 28.0 Å². The first-order valence-corrected chi connectivity index (χ1v) is 8.28. The molecule has 24 heavy (non-hydrogen) atoms. The number of imidazole rings is 1. The first-order valence-electron chi connectivity index (χ1n) is 8.28. The summed E-state index contributed by atoms with van der Waals surface area (Å²) >= 11 is 0. The molecule has 3 heteroatoms. The third-order valence-electron chi connectivity index (χ3n) is 4.99. The van der Waals surface area contributed by atoms with Crippen LogP contribution in [0.4, 0.5) is 0 Å². The lowest BCUT2D eigenvalue weighted by molar-refractivity contribution is -0.660. The summed E-state index contributed by atoms with van der Waals surface area (Å²) in [5.41, 5.74) is 8.67. The number of hydrogen-bond acceptors (Lipinski definition) is 1. The average molecular weight is 312 g/mol. The molecule has 3 heterocycles. The van der Waals surface area contributed by atoms with Gasteiger partial charge >= 0.3 is 0 Å². The minimum Gasteiger partial charge on any atom is -0.295 e. The molecule has 2 aromatic carbocycles. The van der Waals surface area contributed by atoms with E-state index >= 15 is 0 Å². The predicted octanol–water partition coefficient (Wildman–Crippen LogP) is 3.73. The monoisotopic (exact) mass is 312 g/mol. The van der Waals surface area contributed by atoms with Gasteiger partial charge in [-0.3, -0.25) is 4.57 Å². The zero-order valence-corrected chi connectivity index (χ0v) is 13.8. The molecule has 0 N–H and O–H groups in total. The van der Waals surface area contributed by atoms with Crippen LogP contribution in [0.5, 0.6) is 0 Å². The quantitative estimate of drug-likeness (QED) is 0.432. The topological polar surface area (TPSA) is 21.7 Å². The molecule has 0 saturated carbocycles. The summed E-state index contributed by atoms with van der Waals surface area (Å²) in [6, 6.07) is 19.3. The highest BCUT2D eigenvalue weighted by Gasteiger charge is 2.26. The van der Waals surface area contributed by atoms with E-state index in [9.17, 15) is 0 Å². The Morgan fingerprint density at radius 1 is 1.00 bits per heavy atom. The Morgan fingerprint density at radius 3 is 2.71 bits per heavy atom. The Morgan fingerprint density at radius 2 is 1.83 bits per heavy atom. The van der Waals surface area contributed by atoms with Crippen molar-refractivity contribution in [2.75, 3.05) is 0 Å². The van der Waals surface area contributed by atoms with Gasteiger partial charge in [-0.1, -0.05) is 24.3 Å². The van der Waals surface area contributed by atoms with Crippen molar-refractivity contribution in [3.63, 3.8) is 0 Å². The van der Waals surface area contributed by atoms with Crippen LogP contribution in [-0.2, 0) is 13.5 Å². The van der Waals surface area contributed by atoms with Gasteiger partial charge in [0.05, 0.1) is 22.3 Å². The molecule has 5 rings (SSSR count). The van der Waals surface area contributed by atoms with E-state index in [2.05, 4.69) is 83.9 Å². The van der Waals surface area contributed by atoms with Crippen molar-refractivity contribution in [1.29, 1.82) is 0 Å². The van der Waals surface area contributed by atoms with Crippen LogP contribution in [0.2, 0.25) is 0 Å². The second-order valence-corrected chi connectivity index (χ2v) is 6.49. The number of fused-ring (bicyclic) bond motifs is 5. The van der Waals surface area contributed by atoms with Crippen LogP contribution in [0, 0.1) is 6.92 Å². The van der Waals surface area contributed by atoms with Crippen LogP contribution >= 0.6 is 0 Å². The number of para-hydroxylation sites is 1. The lowest BCUT2D eigenvalue weighted by Gasteiger charge is -2.10. The Hall–Kier alpha value is -2.94. The highest BCUT2D eigenvalue weighted by atomic mass is 15.1. The maximum absolute atomic E-state index is 4.92. The first kappa shape index (κ1) is 13.5. The van der Waals surface area contributed by atoms with Crippen molar-refractivity contribution in [3.8, 4) is 16.9 Å². The molecule has 1 aliphatic rings. The van der Waals surface area contributed by atoms with Gasteiger partial charge in [-0.15, -0.1) is 0 Å². The molecular weight excluding hydrogens is 294 g/mol. The number of aryl methyl sites for hydroxylation is 2. The average Bonchev–Trinajstić information content (AvgIpc) is 3.11. The maximum atomic E-state index is 4.92. The molecule has 1 aliphatic heterocycles. The molecule has 0 saturated heterocycles. The number of nitrogens with zero attached hydrogens (tertiary/aromatic N) is 3. The normalized spacial score (nSPS) is 12.4. The molecule has 2 aromatic heterocycles. The number of rotatable bonds is 1. The molecule has 4 aromatic rings. The van der Waals surface area contributed by atoms with Gasteiger partial charge in [0.25, 0.3) is 0 Å². The fourth-order valence-corrected chi connectivity index (χ4v) is 3.85. The van der Waals surface area contributed by atoms with Crippen molar-refractivity contribution < 1.29 is 4.57 Å². The van der Waals surface area contributed by atoms with Crippen LogP contribution < -0.4 is 4.57 Å². The van der Waals surface area contributed by atoms with Gasteiger partial charge in [0.1, 0.15) is 12.9 Å². The summed E-state index contributed by atoms with van der Waals surface area (Å²) in [5, 5.41) is 0. The first-order chi connectivity index (χ1) is 11.7. The van der Waals surface area contributed by atoms with E-state index in [1.165, 1.54) is 33.6 Å². The van der Waals surface area contributed by atoms with E-state index in [0.29, 0.717) is 0 Å². The number of aromatic nitrogens is 3. The molecule has 0 amide bonds. The second kappa shape index (κ2) is 4.78. The van der Waals surface area contributed by atoms with Gasteiger partial charge in [0.15, 0.2) is 6.20 Å². The third kappa shape index (κ3) is 1.72. The molecule has 0 aliphatic carbocycles. The fourth-order valence-electron chi connectivity index (χ4n) is 3.85. The number of pyridine rings is 1. The smallest absolute Gasteiger partial charge is 0.214 e. The van der Waals surface area contributed by atoms with Gasteiger partial charge in [-0.05, 0) is 36.2 Å². The standard InChI is InChI=1S/C21H18N3/c1-14-10-11-16-21(20(14)18-9-5-6-12-23(18)2)24-17-8-4-3-7-15(17)13-19(24)22-16/h3-12H,13H2,1-2H3/q+1. The Kier molecular flexibility index (Phi) is 2.69. The fraction of sp³-hybridized carbons (Fsp3) is 0.143. The molecule has 0 spiro atoms. The summed E-state index contributed by atoms with van der Waals surface area (Å²) in [6.45, 7) is 2.18. The van der Waals surface area contributed by atoms with Crippen LogP contribution in [-0.4, -0.2) is 9.55 Å². The van der Waals surface area contributed by atoms with Crippen molar-refractivity contribution >= 4 is 11.0 Å². The van der Waals surface area contributed by atoms with Gasteiger partial charge in [0.2, 0.25) is 5.69 Å². The molecule has 3 nitrogen and oxygen atoms in total. The molecule has 0 atom stereocenters. The third-order valence-corrected chi connectivity index (χ3v) is 4.99. The number of benzene rings is 2. The molecule has 116 valence electrons. The molecule has 0 bridgehead atoms. The Balaban J connectivity index is 1.93. The molecule has 0 fully saturated rings. The Labute approximate surface area is 140 Å². The van der Waals surface area contributed by atoms with E-state index in [4.69, 9.17) is 4.98 Å². The van der Waals surface area contributed by atoms with Gasteiger partial charge in [-0.25, -0.2) is 9.55 Å². The van der Waals surface area contributed by atoms with Gasteiger partial charge in [0, 0.05) is 18.6 Å². The summed E-state index contributed by atoms with van der Waals surface area (Å²) in [4.78, 5) is 4.92. The summed E-state index contributed by atoms with van der Waals surface area (Å²) in [5.74, 6) is 1.14. The zero-order valence-electron chi connectivity index (χ0n) is 13.8. The summed E-state index contributed by atoms with van der Waals surface area (Å²) in [7, 11) is 2.10. The Bertz CT molecular complexity index is 1110. The highest BCUT2D eigenvalue weighted by molar-refractivity contribution is 5.94. The minimum absolute atomic E-state index is 0.907. The largest absolute Gasteiger partial charge is 0.295 e. The van der Waals surface area contributed by atoms with Crippen molar-refractivity contribution in [2.24, 2.45) is 7.05 Å². The highest BCUT2D eigenvalue weighted by Crippen LogP contribution is 2.37. The maximum Gasteiger partial charge on any atom is 0.214 e. The van der Waals surface area contributed by atoms with Crippen LogP contribution in [0.3, 0.4) is 0 Å². The van der Waals surface area contributed by atoms with Crippen molar-refractivity contribution in [3.05, 3.63) is 77.7 Å². The molecule has 0 unspecified atom stereocenters. The van der Waals surface area contributed by atoms with Gasteiger partial charge < -0.3 is 0 Å². The van der Waals surface area contributed by atoms with E-state index in [1.807, 2.05) is 0 Å². The van der Waals surface area contributed by atoms with Crippen molar-refractivity contribution in [1.82, 2.24) is 9.55 Å². The van der Waals surface area contributed by atoms with Gasteiger partial charge in [-0.2, -0.15) is 0 Å². The molecule has 0 radical (unpaired) electrons. The zero-order chi connectivity index (χ0) is 16.3. The number of hydrogen-bond donors (Lipinski definition) is 0. The van der Waals surface area contributed by atoms with E-state index in [1.54, 1.807) is 0 Å². The predicted molar refractivity (Wildman–Crippen MR) is 95.2 cm³/mol. The lowest BCUT2D eigenvalue weighted by atomic mass is 10.0. The van der Waals surface area contributed by atoms with Crippen molar-refractivity contribution in [2.45, 2.75) is 13.3 Å². The van der Waals surface area contributed by atoms with Crippen LogP contribution in [0.1, 0.15) is 17.0 Å². The van der Waals surface area contributed by atoms with Crippen LogP contribution in [0.15, 0.2) is 60.8 Å². The lowest BCUT2D eigenvalue weighted by Crippen LogP contribution is -2.30. The summed E-state index contributed by atoms with van der Waals surface area (Å²) in [6.07, 6.45) is 3.01. The van der Waals surface area contributed by atoms with E-state index < -0.39 is 0 Å². The SMILES string of the molecule is Cc1ccc2nc3n(c2c1-c1cccc[n+]1C)-c1ccccc1C3. The molecular formula is C21H18N3+. The van der Waals surface area contributed by atoms with E-state index in [-0.39, 0.29) is 0 Å².